The van der Waals surface area contributed by atoms with E-state index in [-0.39, 0.29) is 0 Å². The number of furan rings is 1. The summed E-state index contributed by atoms with van der Waals surface area (Å²) in [7, 11) is 1.95. The zero-order chi connectivity index (χ0) is 11.2. The van der Waals surface area contributed by atoms with Gasteiger partial charge >= 0.3 is 0 Å². The average Bonchev–Trinajstić information content (AvgIpc) is 2.90. The Kier molecular flexibility index (Phi) is 4.01. The van der Waals surface area contributed by atoms with Gasteiger partial charge in [0, 0.05) is 31.5 Å². The Morgan fingerprint density at radius 3 is 3.19 bits per heavy atom. The molecular weight excluding hydrogens is 224 g/mol. The number of rotatable bonds is 6. The molecule has 0 aliphatic heterocycles. The third-order valence-electron chi connectivity index (χ3n) is 2.09. The minimum Gasteiger partial charge on any atom is -0.472 e. The molecule has 0 aliphatic carbocycles. The fraction of sp³-hybridized carbons (Fsp3) is 0.400. The summed E-state index contributed by atoms with van der Waals surface area (Å²) in [5.41, 5.74) is 1.17. The highest BCUT2D eigenvalue weighted by Gasteiger charge is 2.00. The van der Waals surface area contributed by atoms with Gasteiger partial charge in [0.25, 0.3) is 0 Å². The first-order chi connectivity index (χ1) is 7.86. The summed E-state index contributed by atoms with van der Waals surface area (Å²) < 4.78 is 6.90. The Hall–Kier alpha value is -1.27. The monoisotopic (exact) mass is 238 g/mol. The summed E-state index contributed by atoms with van der Waals surface area (Å²) in [5, 5.41) is 12.1. The van der Waals surface area contributed by atoms with E-state index in [2.05, 4.69) is 15.5 Å². The Labute approximate surface area is 98.2 Å². The van der Waals surface area contributed by atoms with Crippen LogP contribution < -0.4 is 5.32 Å². The van der Waals surface area contributed by atoms with Gasteiger partial charge < -0.3 is 14.3 Å². The number of hydrogen-bond acceptors (Lipinski definition) is 5. The molecule has 86 valence electrons. The summed E-state index contributed by atoms with van der Waals surface area (Å²) in [4.78, 5) is 0. The minimum atomic E-state index is 0.843. The van der Waals surface area contributed by atoms with Crippen LogP contribution in [0.3, 0.4) is 0 Å². The molecule has 0 atom stereocenters. The van der Waals surface area contributed by atoms with Crippen molar-refractivity contribution in [3.05, 3.63) is 30.5 Å². The van der Waals surface area contributed by atoms with Crippen LogP contribution in [0.4, 0.5) is 0 Å². The van der Waals surface area contributed by atoms with E-state index in [4.69, 9.17) is 4.42 Å². The summed E-state index contributed by atoms with van der Waals surface area (Å²) in [6.45, 7) is 1.78. The van der Waals surface area contributed by atoms with Crippen molar-refractivity contribution in [2.45, 2.75) is 11.7 Å². The first kappa shape index (κ1) is 11.2. The molecule has 0 saturated heterocycles. The van der Waals surface area contributed by atoms with Gasteiger partial charge in [-0.2, -0.15) is 0 Å². The molecule has 0 fully saturated rings. The lowest BCUT2D eigenvalue weighted by Gasteiger charge is -2.02. The van der Waals surface area contributed by atoms with Gasteiger partial charge in [0.15, 0.2) is 5.16 Å². The lowest BCUT2D eigenvalue weighted by molar-refractivity contribution is 0.561. The van der Waals surface area contributed by atoms with Crippen LogP contribution in [0.25, 0.3) is 0 Å². The lowest BCUT2D eigenvalue weighted by Crippen LogP contribution is -2.16. The molecule has 6 heteroatoms. The molecule has 2 rings (SSSR count). The fourth-order valence-corrected chi connectivity index (χ4v) is 2.03. The number of thioether (sulfide) groups is 1. The quantitative estimate of drug-likeness (QED) is 0.607. The Bertz CT molecular complexity index is 412. The largest absolute Gasteiger partial charge is 0.472 e. The molecule has 2 heterocycles. The van der Waals surface area contributed by atoms with Gasteiger partial charge in [0.2, 0.25) is 0 Å². The first-order valence-corrected chi connectivity index (χ1v) is 6.03. The molecule has 0 bridgehead atoms. The van der Waals surface area contributed by atoms with Crippen LogP contribution in [0, 0.1) is 0 Å². The summed E-state index contributed by atoms with van der Waals surface area (Å²) in [6.07, 6.45) is 5.15. The normalized spacial score (nSPS) is 10.8. The van der Waals surface area contributed by atoms with Gasteiger partial charge in [0.05, 0.1) is 12.5 Å². The first-order valence-electron chi connectivity index (χ1n) is 5.05. The van der Waals surface area contributed by atoms with Gasteiger partial charge in [-0.25, -0.2) is 0 Å². The van der Waals surface area contributed by atoms with Crippen molar-refractivity contribution < 1.29 is 4.42 Å². The van der Waals surface area contributed by atoms with Crippen LogP contribution in [0.5, 0.6) is 0 Å². The number of nitrogens with one attached hydrogen (secondary N) is 1. The zero-order valence-electron chi connectivity index (χ0n) is 9.09. The van der Waals surface area contributed by atoms with E-state index in [1.54, 1.807) is 30.6 Å². The molecule has 0 spiro atoms. The van der Waals surface area contributed by atoms with Crippen molar-refractivity contribution in [3.8, 4) is 0 Å². The predicted octanol–water partition coefficient (Wildman–Crippen LogP) is 1.29. The van der Waals surface area contributed by atoms with Crippen molar-refractivity contribution in [3.63, 3.8) is 0 Å². The van der Waals surface area contributed by atoms with E-state index in [1.165, 1.54) is 5.56 Å². The summed E-state index contributed by atoms with van der Waals surface area (Å²) in [5.74, 6) is 0.977. The topological polar surface area (TPSA) is 55.9 Å². The molecular formula is C10H14N4OS. The minimum absolute atomic E-state index is 0.843. The third-order valence-corrected chi connectivity index (χ3v) is 3.13. The molecule has 0 aliphatic rings. The molecule has 2 aromatic heterocycles. The van der Waals surface area contributed by atoms with Crippen molar-refractivity contribution >= 4 is 11.8 Å². The van der Waals surface area contributed by atoms with Gasteiger partial charge in [0.1, 0.15) is 6.33 Å². The zero-order valence-corrected chi connectivity index (χ0v) is 9.91. The molecule has 0 aromatic carbocycles. The number of nitrogens with zero attached hydrogens (tertiary/aromatic N) is 3. The fourth-order valence-electron chi connectivity index (χ4n) is 1.24. The third kappa shape index (κ3) is 3.11. The maximum Gasteiger partial charge on any atom is 0.190 e. The van der Waals surface area contributed by atoms with Gasteiger partial charge in [-0.15, -0.1) is 10.2 Å². The van der Waals surface area contributed by atoms with Crippen molar-refractivity contribution in [1.29, 1.82) is 0 Å². The highest BCUT2D eigenvalue weighted by atomic mass is 32.2. The maximum atomic E-state index is 4.98. The standard InChI is InChI=1S/C10H14N4OS/c1-14-8-12-13-10(14)16-5-3-11-6-9-2-4-15-7-9/h2,4,7-8,11H,3,5-6H2,1H3. The van der Waals surface area contributed by atoms with Crippen LogP contribution in [-0.4, -0.2) is 27.1 Å². The smallest absolute Gasteiger partial charge is 0.190 e. The highest BCUT2D eigenvalue weighted by molar-refractivity contribution is 7.99. The summed E-state index contributed by atoms with van der Waals surface area (Å²) in [6, 6.07) is 1.96. The Morgan fingerprint density at radius 2 is 2.50 bits per heavy atom. The van der Waals surface area contributed by atoms with E-state index >= 15 is 0 Å². The van der Waals surface area contributed by atoms with Crippen molar-refractivity contribution in [1.82, 2.24) is 20.1 Å². The number of hydrogen-bond donors (Lipinski definition) is 1. The van der Waals surface area contributed by atoms with E-state index in [0.717, 1.165) is 24.0 Å². The van der Waals surface area contributed by atoms with Crippen LogP contribution >= 0.6 is 11.8 Å². The van der Waals surface area contributed by atoms with Crippen molar-refractivity contribution in [2.75, 3.05) is 12.3 Å². The van der Waals surface area contributed by atoms with E-state index in [0.29, 0.717) is 0 Å². The molecule has 0 radical (unpaired) electrons. The SMILES string of the molecule is Cn1cnnc1SCCNCc1ccoc1. The van der Waals surface area contributed by atoms with Gasteiger partial charge in [-0.05, 0) is 6.07 Å². The molecule has 2 aromatic rings. The van der Waals surface area contributed by atoms with E-state index in [1.807, 2.05) is 17.7 Å². The van der Waals surface area contributed by atoms with Crippen LogP contribution in [0.2, 0.25) is 0 Å². The average molecular weight is 238 g/mol. The Morgan fingerprint density at radius 1 is 1.56 bits per heavy atom. The second kappa shape index (κ2) is 5.72. The molecule has 0 unspecified atom stereocenters. The Balaban J connectivity index is 1.61. The van der Waals surface area contributed by atoms with Gasteiger partial charge in [-0.3, -0.25) is 0 Å². The lowest BCUT2D eigenvalue weighted by atomic mass is 10.3. The second-order valence-electron chi connectivity index (χ2n) is 3.38. The second-order valence-corrected chi connectivity index (χ2v) is 4.44. The van der Waals surface area contributed by atoms with Crippen LogP contribution in [0.15, 0.2) is 34.5 Å². The van der Waals surface area contributed by atoms with Crippen LogP contribution in [-0.2, 0) is 13.6 Å². The molecule has 16 heavy (non-hydrogen) atoms. The predicted molar refractivity (Wildman–Crippen MR) is 62.1 cm³/mol. The molecule has 5 nitrogen and oxygen atoms in total. The highest BCUT2D eigenvalue weighted by Crippen LogP contribution is 2.11. The summed E-state index contributed by atoms with van der Waals surface area (Å²) >= 11 is 1.69. The van der Waals surface area contributed by atoms with E-state index < -0.39 is 0 Å². The molecule has 0 saturated carbocycles. The van der Waals surface area contributed by atoms with Crippen molar-refractivity contribution in [2.24, 2.45) is 7.05 Å². The van der Waals surface area contributed by atoms with E-state index in [9.17, 15) is 0 Å². The molecule has 1 N–H and O–H groups in total. The van der Waals surface area contributed by atoms with Gasteiger partial charge in [-0.1, -0.05) is 11.8 Å². The maximum absolute atomic E-state index is 4.98. The molecule has 0 amide bonds. The number of aryl methyl sites for hydroxylation is 1. The number of aromatic nitrogens is 3. The van der Waals surface area contributed by atoms with Crippen LogP contribution in [0.1, 0.15) is 5.56 Å².